The standard InChI is InChI=1S/C18H13F2NO3S/c1-11-4-2-3-5-13(11)10-22-17-21-9-16(25-17)12-6-7-14-15(8-12)24-18(19,20)23-14/h2-9H,10H2,1H3. The lowest BCUT2D eigenvalue weighted by atomic mass is 10.1. The molecule has 0 spiro atoms. The van der Waals surface area contributed by atoms with Crippen molar-refractivity contribution in [3.8, 4) is 27.1 Å². The molecule has 0 unspecified atom stereocenters. The van der Waals surface area contributed by atoms with E-state index in [1.54, 1.807) is 12.3 Å². The highest BCUT2D eigenvalue weighted by atomic mass is 32.1. The van der Waals surface area contributed by atoms with Crippen LogP contribution in [0, 0.1) is 6.92 Å². The van der Waals surface area contributed by atoms with Crippen molar-refractivity contribution in [1.29, 1.82) is 0 Å². The van der Waals surface area contributed by atoms with Gasteiger partial charge < -0.3 is 14.2 Å². The Hall–Kier alpha value is -2.67. The van der Waals surface area contributed by atoms with Crippen LogP contribution in [0.25, 0.3) is 10.4 Å². The summed E-state index contributed by atoms with van der Waals surface area (Å²) in [5.74, 6) is 0.0348. The number of alkyl halides is 2. The van der Waals surface area contributed by atoms with Gasteiger partial charge in [-0.1, -0.05) is 35.6 Å². The van der Waals surface area contributed by atoms with Gasteiger partial charge in [0, 0.05) is 6.20 Å². The number of benzene rings is 2. The van der Waals surface area contributed by atoms with Crippen LogP contribution in [0.1, 0.15) is 11.1 Å². The molecule has 4 rings (SSSR count). The van der Waals surface area contributed by atoms with Crippen LogP contribution in [0.5, 0.6) is 16.7 Å². The predicted molar refractivity (Wildman–Crippen MR) is 89.3 cm³/mol. The van der Waals surface area contributed by atoms with E-state index >= 15 is 0 Å². The van der Waals surface area contributed by atoms with E-state index in [-0.39, 0.29) is 11.5 Å². The number of fused-ring (bicyclic) bond motifs is 1. The van der Waals surface area contributed by atoms with Crippen molar-refractivity contribution in [2.75, 3.05) is 0 Å². The molecule has 0 fully saturated rings. The summed E-state index contributed by atoms with van der Waals surface area (Å²) >= 11 is 1.34. The first kappa shape index (κ1) is 15.8. The predicted octanol–water partition coefficient (Wildman–Crippen LogP) is 5.02. The second-order valence-corrected chi connectivity index (χ2v) is 6.53. The highest BCUT2D eigenvalue weighted by molar-refractivity contribution is 7.16. The average Bonchev–Trinajstić information content (AvgIpc) is 3.15. The SMILES string of the molecule is Cc1ccccc1COc1ncc(-c2ccc3c(c2)OC(F)(F)O3)s1. The average molecular weight is 361 g/mol. The third-order valence-electron chi connectivity index (χ3n) is 3.78. The summed E-state index contributed by atoms with van der Waals surface area (Å²) in [5.41, 5.74) is 2.95. The number of nitrogens with zero attached hydrogens (tertiary/aromatic N) is 1. The number of hydrogen-bond donors (Lipinski definition) is 0. The first-order chi connectivity index (χ1) is 12.0. The molecule has 0 atom stereocenters. The van der Waals surface area contributed by atoms with Gasteiger partial charge in [-0.2, -0.15) is 0 Å². The highest BCUT2D eigenvalue weighted by Gasteiger charge is 2.43. The Balaban J connectivity index is 1.50. The maximum Gasteiger partial charge on any atom is 0.586 e. The Morgan fingerprint density at radius 3 is 2.76 bits per heavy atom. The molecule has 1 aromatic heterocycles. The van der Waals surface area contributed by atoms with Gasteiger partial charge in [0.05, 0.1) is 4.88 Å². The molecule has 0 aliphatic carbocycles. The van der Waals surface area contributed by atoms with Crippen molar-refractivity contribution in [2.45, 2.75) is 19.8 Å². The molecule has 0 saturated heterocycles. The van der Waals surface area contributed by atoms with Crippen molar-refractivity contribution >= 4 is 11.3 Å². The van der Waals surface area contributed by atoms with E-state index in [4.69, 9.17) is 4.74 Å². The van der Waals surface area contributed by atoms with Crippen molar-refractivity contribution in [2.24, 2.45) is 0 Å². The quantitative estimate of drug-likeness (QED) is 0.654. The third kappa shape index (κ3) is 3.28. The van der Waals surface area contributed by atoms with Crippen molar-refractivity contribution < 1.29 is 23.0 Å². The van der Waals surface area contributed by atoms with Gasteiger partial charge in [0.2, 0.25) is 0 Å². The molecule has 3 aromatic rings. The van der Waals surface area contributed by atoms with Crippen LogP contribution < -0.4 is 14.2 Å². The smallest absolute Gasteiger partial charge is 0.465 e. The monoisotopic (exact) mass is 361 g/mol. The first-order valence-corrected chi connectivity index (χ1v) is 8.35. The topological polar surface area (TPSA) is 40.6 Å². The van der Waals surface area contributed by atoms with E-state index in [0.717, 1.165) is 16.0 Å². The molecule has 0 amide bonds. The summed E-state index contributed by atoms with van der Waals surface area (Å²) in [6.45, 7) is 2.45. The molecule has 128 valence electrons. The van der Waals surface area contributed by atoms with Gasteiger partial charge >= 0.3 is 6.29 Å². The summed E-state index contributed by atoms with van der Waals surface area (Å²) in [6.07, 6.45) is -1.97. The maximum atomic E-state index is 13.1. The van der Waals surface area contributed by atoms with Crippen LogP contribution >= 0.6 is 11.3 Å². The minimum atomic E-state index is -3.61. The molecule has 0 N–H and O–H groups in total. The third-order valence-corrected chi connectivity index (χ3v) is 4.74. The van der Waals surface area contributed by atoms with E-state index < -0.39 is 6.29 Å². The molecule has 0 bridgehead atoms. The lowest BCUT2D eigenvalue weighted by Crippen LogP contribution is -2.25. The van der Waals surface area contributed by atoms with Crippen LogP contribution in [0.2, 0.25) is 0 Å². The fourth-order valence-electron chi connectivity index (χ4n) is 2.47. The van der Waals surface area contributed by atoms with Crippen LogP contribution in [0.4, 0.5) is 8.78 Å². The lowest BCUT2D eigenvalue weighted by Gasteiger charge is -2.05. The summed E-state index contributed by atoms with van der Waals surface area (Å²) < 4.78 is 40.8. The Labute approximate surface area is 146 Å². The summed E-state index contributed by atoms with van der Waals surface area (Å²) in [6, 6.07) is 12.6. The van der Waals surface area contributed by atoms with Crippen LogP contribution in [0.15, 0.2) is 48.7 Å². The number of rotatable bonds is 4. The minimum absolute atomic E-state index is 0.0123. The van der Waals surface area contributed by atoms with Gasteiger partial charge in [-0.25, -0.2) is 4.98 Å². The zero-order valence-electron chi connectivity index (χ0n) is 13.2. The number of halogens is 2. The van der Waals surface area contributed by atoms with Gasteiger partial charge in [0.15, 0.2) is 11.5 Å². The van der Waals surface area contributed by atoms with E-state index in [9.17, 15) is 8.78 Å². The van der Waals surface area contributed by atoms with E-state index in [1.165, 1.54) is 23.5 Å². The van der Waals surface area contributed by atoms with Crippen LogP contribution in [-0.2, 0) is 6.61 Å². The summed E-state index contributed by atoms with van der Waals surface area (Å²) in [4.78, 5) is 5.03. The molecule has 4 nitrogen and oxygen atoms in total. The number of ether oxygens (including phenoxy) is 3. The van der Waals surface area contributed by atoms with E-state index in [1.807, 2.05) is 31.2 Å². The Morgan fingerprint density at radius 2 is 1.92 bits per heavy atom. The summed E-state index contributed by atoms with van der Waals surface area (Å²) in [5, 5.41) is 0.515. The van der Waals surface area contributed by atoms with Gasteiger partial charge in [-0.3, -0.25) is 0 Å². The van der Waals surface area contributed by atoms with Crippen molar-refractivity contribution in [3.05, 3.63) is 59.8 Å². The Bertz CT molecular complexity index is 926. The lowest BCUT2D eigenvalue weighted by molar-refractivity contribution is -0.286. The Morgan fingerprint density at radius 1 is 1.12 bits per heavy atom. The molecule has 1 aliphatic heterocycles. The molecule has 7 heteroatoms. The van der Waals surface area contributed by atoms with Gasteiger partial charge in [-0.15, -0.1) is 8.78 Å². The normalized spacial score (nSPS) is 14.5. The molecular formula is C18H13F2NO3S. The zero-order chi connectivity index (χ0) is 17.4. The fourth-order valence-corrected chi connectivity index (χ4v) is 3.23. The maximum absolute atomic E-state index is 13.1. The Kier molecular flexibility index (Phi) is 3.80. The van der Waals surface area contributed by atoms with Crippen LogP contribution in [0.3, 0.4) is 0 Å². The number of thiazole rings is 1. The number of hydrogen-bond acceptors (Lipinski definition) is 5. The minimum Gasteiger partial charge on any atom is -0.465 e. The molecule has 2 aromatic carbocycles. The van der Waals surface area contributed by atoms with Crippen molar-refractivity contribution in [1.82, 2.24) is 4.98 Å². The number of aryl methyl sites for hydroxylation is 1. The summed E-state index contributed by atoms with van der Waals surface area (Å²) in [7, 11) is 0. The second kappa shape index (κ2) is 6.00. The fraction of sp³-hybridized carbons (Fsp3) is 0.167. The largest absolute Gasteiger partial charge is 0.586 e. The van der Waals surface area contributed by atoms with Gasteiger partial charge in [0.25, 0.3) is 5.19 Å². The van der Waals surface area contributed by atoms with Crippen LogP contribution in [-0.4, -0.2) is 11.3 Å². The molecule has 0 saturated carbocycles. The van der Waals surface area contributed by atoms with Gasteiger partial charge in [-0.05, 0) is 41.8 Å². The molecule has 1 aliphatic rings. The second-order valence-electron chi connectivity index (χ2n) is 5.53. The van der Waals surface area contributed by atoms with Crippen molar-refractivity contribution in [3.63, 3.8) is 0 Å². The first-order valence-electron chi connectivity index (χ1n) is 7.53. The van der Waals surface area contributed by atoms with Gasteiger partial charge in [0.1, 0.15) is 6.61 Å². The highest BCUT2D eigenvalue weighted by Crippen LogP contribution is 2.44. The molecule has 0 radical (unpaired) electrons. The zero-order valence-corrected chi connectivity index (χ0v) is 14.0. The molecule has 25 heavy (non-hydrogen) atoms. The molecule has 2 heterocycles. The molecular weight excluding hydrogens is 348 g/mol. The van der Waals surface area contributed by atoms with E-state index in [2.05, 4.69) is 14.5 Å². The number of aromatic nitrogens is 1. The van der Waals surface area contributed by atoms with E-state index in [0.29, 0.717) is 17.4 Å².